The van der Waals surface area contributed by atoms with E-state index in [9.17, 15) is 14.9 Å². The molecule has 8 heteroatoms. The Morgan fingerprint density at radius 2 is 2.00 bits per heavy atom. The third kappa shape index (κ3) is 3.60. The van der Waals surface area contributed by atoms with Crippen molar-refractivity contribution in [2.24, 2.45) is 0 Å². The first-order valence-corrected chi connectivity index (χ1v) is 8.83. The smallest absolute Gasteiger partial charge is 0.289 e. The van der Waals surface area contributed by atoms with E-state index < -0.39 is 4.92 Å². The Labute approximate surface area is 153 Å². The van der Waals surface area contributed by atoms with Crippen LogP contribution in [0.25, 0.3) is 23.1 Å². The first-order chi connectivity index (χ1) is 12.5. The van der Waals surface area contributed by atoms with Crippen molar-refractivity contribution in [3.05, 3.63) is 57.2 Å². The van der Waals surface area contributed by atoms with Crippen molar-refractivity contribution in [3.8, 4) is 0 Å². The number of amides is 1. The fourth-order valence-corrected chi connectivity index (χ4v) is 3.43. The number of anilines is 1. The number of thiazole rings is 1. The second-order valence-corrected chi connectivity index (χ2v) is 6.33. The molecule has 0 aliphatic rings. The van der Waals surface area contributed by atoms with Crippen molar-refractivity contribution < 1.29 is 9.72 Å². The molecule has 132 valence electrons. The molecule has 1 amide bonds. The summed E-state index contributed by atoms with van der Waals surface area (Å²) in [6.45, 7) is 3.96. The maximum atomic E-state index is 11.6. The van der Waals surface area contributed by atoms with Gasteiger partial charge < -0.3 is 0 Å². The number of nitro benzene ring substituents is 1. The van der Waals surface area contributed by atoms with Gasteiger partial charge in [-0.05, 0) is 25.1 Å². The molecular weight excluding hydrogens is 352 g/mol. The van der Waals surface area contributed by atoms with Gasteiger partial charge in [0.2, 0.25) is 5.91 Å². The summed E-state index contributed by atoms with van der Waals surface area (Å²) >= 11 is 1.39. The van der Waals surface area contributed by atoms with E-state index in [1.807, 2.05) is 12.3 Å². The molecule has 0 saturated heterocycles. The SMILES string of the molecule is CCN(C(C)=O)c1nc(/C=C/c2ccc3cccc([N+](=O)[O-])c3n2)cs1. The van der Waals surface area contributed by atoms with Crippen molar-refractivity contribution in [1.82, 2.24) is 9.97 Å². The molecule has 0 unspecified atom stereocenters. The van der Waals surface area contributed by atoms with Gasteiger partial charge >= 0.3 is 0 Å². The molecule has 3 aromatic rings. The Hall–Kier alpha value is -3.13. The predicted molar refractivity (Wildman–Crippen MR) is 103 cm³/mol. The molecule has 2 heterocycles. The largest absolute Gasteiger partial charge is 0.295 e. The second-order valence-electron chi connectivity index (χ2n) is 5.49. The number of fused-ring (bicyclic) bond motifs is 1. The summed E-state index contributed by atoms with van der Waals surface area (Å²) in [7, 11) is 0. The molecule has 7 nitrogen and oxygen atoms in total. The van der Waals surface area contributed by atoms with Gasteiger partial charge in [0.15, 0.2) is 5.13 Å². The molecule has 0 spiro atoms. The Morgan fingerprint density at radius 1 is 1.23 bits per heavy atom. The highest BCUT2D eigenvalue weighted by atomic mass is 32.1. The molecule has 0 fully saturated rings. The van der Waals surface area contributed by atoms with Crippen LogP contribution in [-0.4, -0.2) is 27.3 Å². The number of nitro groups is 1. The average molecular weight is 368 g/mol. The third-order valence-electron chi connectivity index (χ3n) is 3.78. The first-order valence-electron chi connectivity index (χ1n) is 7.95. The number of rotatable bonds is 5. The van der Waals surface area contributed by atoms with Crippen LogP contribution in [0.4, 0.5) is 10.8 Å². The number of carbonyl (C=O) groups excluding carboxylic acids is 1. The van der Waals surface area contributed by atoms with E-state index in [4.69, 9.17) is 0 Å². The fourth-order valence-electron chi connectivity index (χ4n) is 2.53. The average Bonchev–Trinajstić information content (AvgIpc) is 3.08. The lowest BCUT2D eigenvalue weighted by Crippen LogP contribution is -2.27. The van der Waals surface area contributed by atoms with Gasteiger partial charge in [0.1, 0.15) is 5.52 Å². The van der Waals surface area contributed by atoms with E-state index in [2.05, 4.69) is 9.97 Å². The highest BCUT2D eigenvalue weighted by molar-refractivity contribution is 7.14. The van der Waals surface area contributed by atoms with Crippen LogP contribution in [0.2, 0.25) is 0 Å². The first kappa shape index (κ1) is 17.7. The van der Waals surface area contributed by atoms with E-state index in [-0.39, 0.29) is 11.6 Å². The van der Waals surface area contributed by atoms with Gasteiger partial charge in [-0.3, -0.25) is 19.8 Å². The fraction of sp³-hybridized carbons (Fsp3) is 0.167. The summed E-state index contributed by atoms with van der Waals surface area (Å²) in [5.41, 5.74) is 1.63. The van der Waals surface area contributed by atoms with Gasteiger partial charge in [-0.1, -0.05) is 18.2 Å². The molecule has 1 aromatic carbocycles. The number of nitrogens with zero attached hydrogens (tertiary/aromatic N) is 4. The zero-order valence-corrected chi connectivity index (χ0v) is 15.1. The molecule has 0 saturated carbocycles. The zero-order chi connectivity index (χ0) is 18.7. The normalized spacial score (nSPS) is 11.2. The van der Waals surface area contributed by atoms with E-state index in [0.29, 0.717) is 34.0 Å². The summed E-state index contributed by atoms with van der Waals surface area (Å²) in [6.07, 6.45) is 3.52. The summed E-state index contributed by atoms with van der Waals surface area (Å²) in [5.74, 6) is -0.0547. The highest BCUT2D eigenvalue weighted by Crippen LogP contribution is 2.25. The van der Waals surface area contributed by atoms with Crippen LogP contribution >= 0.6 is 11.3 Å². The summed E-state index contributed by atoms with van der Waals surface area (Å²) < 4.78 is 0. The van der Waals surface area contributed by atoms with Crippen LogP contribution in [0.15, 0.2) is 35.7 Å². The number of carbonyl (C=O) groups is 1. The van der Waals surface area contributed by atoms with Gasteiger partial charge in [0.25, 0.3) is 5.69 Å². The van der Waals surface area contributed by atoms with Crippen LogP contribution in [0.3, 0.4) is 0 Å². The quantitative estimate of drug-likeness (QED) is 0.499. The van der Waals surface area contributed by atoms with E-state index in [1.165, 1.54) is 24.3 Å². The number of hydrogen-bond donors (Lipinski definition) is 0. The monoisotopic (exact) mass is 368 g/mol. The van der Waals surface area contributed by atoms with Crippen LogP contribution in [0, 0.1) is 10.1 Å². The molecule has 0 aliphatic heterocycles. The summed E-state index contributed by atoms with van der Waals surface area (Å²) in [5, 5.41) is 14.4. The molecule has 0 aliphatic carbocycles. The molecule has 0 radical (unpaired) electrons. The summed E-state index contributed by atoms with van der Waals surface area (Å²) in [6, 6.07) is 8.47. The Balaban J connectivity index is 1.89. The van der Waals surface area contributed by atoms with Crippen LogP contribution in [0.1, 0.15) is 25.2 Å². The highest BCUT2D eigenvalue weighted by Gasteiger charge is 2.13. The molecule has 3 rings (SSSR count). The molecule has 26 heavy (non-hydrogen) atoms. The van der Waals surface area contributed by atoms with Crippen molar-refractivity contribution >= 4 is 51.1 Å². The number of hydrogen-bond acceptors (Lipinski definition) is 6. The Morgan fingerprint density at radius 3 is 2.69 bits per heavy atom. The van der Waals surface area contributed by atoms with Crippen molar-refractivity contribution in [3.63, 3.8) is 0 Å². The van der Waals surface area contributed by atoms with Gasteiger partial charge in [0.05, 0.1) is 16.3 Å². The topological polar surface area (TPSA) is 89.2 Å². The molecule has 0 bridgehead atoms. The summed E-state index contributed by atoms with van der Waals surface area (Å²) in [4.78, 5) is 32.7. The van der Waals surface area contributed by atoms with Gasteiger partial charge in [0, 0.05) is 30.3 Å². The molecule has 0 atom stereocenters. The number of non-ortho nitro benzene ring substituents is 1. The zero-order valence-electron chi connectivity index (χ0n) is 14.2. The molecular formula is C18H16N4O3S. The Kier molecular flexibility index (Phi) is 5.04. The lowest BCUT2D eigenvalue weighted by Gasteiger charge is -2.14. The predicted octanol–water partition coefficient (Wildman–Crippen LogP) is 4.14. The molecule has 0 N–H and O–H groups in total. The van der Waals surface area contributed by atoms with E-state index >= 15 is 0 Å². The standard InChI is InChI=1S/C18H16N4O3S/c1-3-21(12(2)23)18-20-15(11-26-18)10-9-14-8-7-13-5-4-6-16(22(24)25)17(13)19-14/h4-11H,3H2,1-2H3/b10-9+. The number of benzene rings is 1. The minimum Gasteiger partial charge on any atom is -0.289 e. The number of pyridine rings is 1. The maximum absolute atomic E-state index is 11.6. The van der Waals surface area contributed by atoms with Gasteiger partial charge in [-0.15, -0.1) is 11.3 Å². The van der Waals surface area contributed by atoms with Crippen molar-refractivity contribution in [2.75, 3.05) is 11.4 Å². The minimum atomic E-state index is -0.434. The number of aromatic nitrogens is 2. The third-order valence-corrected chi connectivity index (χ3v) is 4.66. The van der Waals surface area contributed by atoms with Gasteiger partial charge in [-0.2, -0.15) is 0 Å². The lowest BCUT2D eigenvalue weighted by molar-refractivity contribution is -0.383. The van der Waals surface area contributed by atoms with Gasteiger partial charge in [-0.25, -0.2) is 9.97 Å². The molecule has 2 aromatic heterocycles. The van der Waals surface area contributed by atoms with Crippen molar-refractivity contribution in [1.29, 1.82) is 0 Å². The second kappa shape index (κ2) is 7.40. The lowest BCUT2D eigenvalue weighted by atomic mass is 10.1. The number of para-hydroxylation sites is 1. The van der Waals surface area contributed by atoms with Crippen LogP contribution in [0.5, 0.6) is 0 Å². The minimum absolute atomic E-state index is 0.0197. The maximum Gasteiger partial charge on any atom is 0.295 e. The van der Waals surface area contributed by atoms with Crippen molar-refractivity contribution in [2.45, 2.75) is 13.8 Å². The van der Waals surface area contributed by atoms with E-state index in [1.54, 1.807) is 41.3 Å². The van der Waals surface area contributed by atoms with Crippen LogP contribution < -0.4 is 4.90 Å². The van der Waals surface area contributed by atoms with Crippen LogP contribution in [-0.2, 0) is 4.79 Å². The Bertz CT molecular complexity index is 1010. The van der Waals surface area contributed by atoms with E-state index in [0.717, 1.165) is 0 Å².